The van der Waals surface area contributed by atoms with Crippen LogP contribution in [0.4, 0.5) is 5.82 Å². The molecule has 114 valence electrons. The van der Waals surface area contributed by atoms with Gasteiger partial charge < -0.3 is 15.5 Å². The minimum atomic E-state index is 0.438. The molecule has 0 saturated heterocycles. The quantitative estimate of drug-likeness (QED) is 0.855. The Labute approximate surface area is 130 Å². The molecule has 2 aromatic rings. The van der Waals surface area contributed by atoms with E-state index in [2.05, 4.69) is 56.2 Å². The van der Waals surface area contributed by atoms with Crippen molar-refractivity contribution in [2.24, 2.45) is 5.92 Å². The minimum Gasteiger partial charge on any atom is -0.370 e. The molecule has 0 bridgehead atoms. The number of rotatable bonds is 6. The molecule has 3 rings (SSSR count). The lowest BCUT2D eigenvalue weighted by Gasteiger charge is -2.28. The zero-order valence-electron chi connectivity index (χ0n) is 12.6. The molecule has 0 aromatic carbocycles. The summed E-state index contributed by atoms with van der Waals surface area (Å²) in [5.41, 5.74) is 1.40. The molecule has 0 spiro atoms. The molecule has 3 heterocycles. The van der Waals surface area contributed by atoms with Gasteiger partial charge >= 0.3 is 0 Å². The smallest absolute Gasteiger partial charge is 0.124 e. The van der Waals surface area contributed by atoms with E-state index in [1.807, 2.05) is 12.3 Å². The SMILES string of the molecule is CN(C)[C@H](CNC[C@H]1CNc2ccnn2C1)c1ccsc1. The fourth-order valence-electron chi connectivity index (χ4n) is 2.81. The van der Waals surface area contributed by atoms with Crippen LogP contribution in [0.5, 0.6) is 0 Å². The minimum absolute atomic E-state index is 0.438. The van der Waals surface area contributed by atoms with Gasteiger partial charge in [0.1, 0.15) is 5.82 Å². The second-order valence-corrected chi connectivity index (χ2v) is 6.62. The van der Waals surface area contributed by atoms with Crippen LogP contribution in [0, 0.1) is 5.92 Å². The first kappa shape index (κ1) is 14.6. The molecule has 0 aliphatic carbocycles. The summed E-state index contributed by atoms with van der Waals surface area (Å²) >= 11 is 1.76. The van der Waals surface area contributed by atoms with Gasteiger partial charge in [-0.1, -0.05) is 0 Å². The molecule has 6 heteroatoms. The average molecular weight is 305 g/mol. The van der Waals surface area contributed by atoms with Gasteiger partial charge in [0.25, 0.3) is 0 Å². The first-order valence-corrected chi connectivity index (χ1v) is 8.33. The summed E-state index contributed by atoms with van der Waals surface area (Å²) < 4.78 is 2.05. The summed E-state index contributed by atoms with van der Waals surface area (Å²) in [5.74, 6) is 1.72. The van der Waals surface area contributed by atoms with Gasteiger partial charge in [0, 0.05) is 44.2 Å². The van der Waals surface area contributed by atoms with Gasteiger partial charge in [-0.3, -0.25) is 0 Å². The summed E-state index contributed by atoms with van der Waals surface area (Å²) in [6.45, 7) is 4.00. The second kappa shape index (κ2) is 6.60. The lowest BCUT2D eigenvalue weighted by molar-refractivity contribution is 0.280. The molecule has 2 N–H and O–H groups in total. The molecule has 0 radical (unpaired) electrons. The fraction of sp³-hybridized carbons (Fsp3) is 0.533. The number of nitrogens with zero attached hydrogens (tertiary/aromatic N) is 3. The Morgan fingerprint density at radius 3 is 3.19 bits per heavy atom. The van der Waals surface area contributed by atoms with E-state index < -0.39 is 0 Å². The van der Waals surface area contributed by atoms with E-state index >= 15 is 0 Å². The predicted molar refractivity (Wildman–Crippen MR) is 87.8 cm³/mol. The summed E-state index contributed by atoms with van der Waals surface area (Å²) in [5, 5.41) is 15.8. The molecule has 0 saturated carbocycles. The molecule has 0 amide bonds. The highest BCUT2D eigenvalue weighted by Gasteiger charge is 2.19. The standard InChI is InChI=1S/C15H23N5S/c1-19(2)14(13-4-6-21-11-13)9-16-7-12-8-17-15-3-5-18-20(15)10-12/h3-6,11-12,14,16-17H,7-10H2,1-2H3/t12-,14+/m0/s1. The fourth-order valence-corrected chi connectivity index (χ4v) is 3.52. The van der Waals surface area contributed by atoms with E-state index in [-0.39, 0.29) is 0 Å². The summed E-state index contributed by atoms with van der Waals surface area (Å²) in [6.07, 6.45) is 1.86. The van der Waals surface area contributed by atoms with Crippen LogP contribution in [0.15, 0.2) is 29.1 Å². The zero-order valence-corrected chi connectivity index (χ0v) is 13.4. The molecule has 5 nitrogen and oxygen atoms in total. The van der Waals surface area contributed by atoms with Crippen LogP contribution in [0.3, 0.4) is 0 Å². The largest absolute Gasteiger partial charge is 0.370 e. The van der Waals surface area contributed by atoms with E-state index in [9.17, 15) is 0 Å². The second-order valence-electron chi connectivity index (χ2n) is 5.84. The number of hydrogen-bond acceptors (Lipinski definition) is 5. The maximum atomic E-state index is 4.34. The monoisotopic (exact) mass is 305 g/mol. The Balaban J connectivity index is 1.49. The van der Waals surface area contributed by atoms with Gasteiger partial charge in [0.05, 0.1) is 6.20 Å². The number of anilines is 1. The highest BCUT2D eigenvalue weighted by molar-refractivity contribution is 7.07. The third-order valence-electron chi connectivity index (χ3n) is 4.04. The Kier molecular flexibility index (Phi) is 4.57. The Morgan fingerprint density at radius 1 is 1.52 bits per heavy atom. The van der Waals surface area contributed by atoms with Crippen molar-refractivity contribution in [2.45, 2.75) is 12.6 Å². The molecule has 0 unspecified atom stereocenters. The molecule has 2 atom stereocenters. The summed E-state index contributed by atoms with van der Waals surface area (Å²) in [6, 6.07) is 4.69. The third-order valence-corrected chi connectivity index (χ3v) is 4.74. The first-order chi connectivity index (χ1) is 10.2. The Hall–Kier alpha value is -1.37. The summed E-state index contributed by atoms with van der Waals surface area (Å²) in [4.78, 5) is 2.28. The Morgan fingerprint density at radius 2 is 2.43 bits per heavy atom. The Bertz CT molecular complexity index is 548. The third kappa shape index (κ3) is 3.45. The van der Waals surface area contributed by atoms with Gasteiger partial charge in [-0.25, -0.2) is 4.68 Å². The van der Waals surface area contributed by atoms with Gasteiger partial charge in [0.15, 0.2) is 0 Å². The number of likely N-dealkylation sites (N-methyl/N-ethyl adjacent to an activating group) is 1. The lowest BCUT2D eigenvalue weighted by Crippen LogP contribution is -2.38. The molecule has 1 aliphatic rings. The van der Waals surface area contributed by atoms with Crippen LogP contribution in [-0.4, -0.2) is 48.4 Å². The average Bonchev–Trinajstić information content (AvgIpc) is 3.13. The molecule has 1 aliphatic heterocycles. The van der Waals surface area contributed by atoms with Crippen molar-refractivity contribution in [3.05, 3.63) is 34.7 Å². The van der Waals surface area contributed by atoms with E-state index in [4.69, 9.17) is 0 Å². The van der Waals surface area contributed by atoms with Crippen LogP contribution in [0.25, 0.3) is 0 Å². The molecule has 2 aromatic heterocycles. The van der Waals surface area contributed by atoms with Gasteiger partial charge in [-0.2, -0.15) is 16.4 Å². The summed E-state index contributed by atoms with van der Waals surface area (Å²) in [7, 11) is 4.28. The van der Waals surface area contributed by atoms with Crippen LogP contribution < -0.4 is 10.6 Å². The van der Waals surface area contributed by atoms with Crippen LogP contribution in [0.2, 0.25) is 0 Å². The number of aromatic nitrogens is 2. The van der Waals surface area contributed by atoms with E-state index in [0.717, 1.165) is 32.0 Å². The number of nitrogens with one attached hydrogen (secondary N) is 2. The number of thiophene rings is 1. The zero-order chi connectivity index (χ0) is 14.7. The predicted octanol–water partition coefficient (Wildman–Crippen LogP) is 1.88. The van der Waals surface area contributed by atoms with Crippen molar-refractivity contribution in [1.82, 2.24) is 20.0 Å². The molecular weight excluding hydrogens is 282 g/mol. The normalized spacial score (nSPS) is 19.3. The van der Waals surface area contributed by atoms with Crippen LogP contribution >= 0.6 is 11.3 Å². The van der Waals surface area contributed by atoms with Gasteiger partial charge in [0.2, 0.25) is 0 Å². The molecular formula is C15H23N5S. The maximum Gasteiger partial charge on any atom is 0.124 e. The van der Waals surface area contributed by atoms with Crippen molar-refractivity contribution in [2.75, 3.05) is 39.0 Å². The highest BCUT2D eigenvalue weighted by atomic mass is 32.1. The highest BCUT2D eigenvalue weighted by Crippen LogP contribution is 2.20. The van der Waals surface area contributed by atoms with E-state index in [0.29, 0.717) is 12.0 Å². The van der Waals surface area contributed by atoms with Crippen molar-refractivity contribution in [3.63, 3.8) is 0 Å². The van der Waals surface area contributed by atoms with Crippen molar-refractivity contribution >= 4 is 17.2 Å². The van der Waals surface area contributed by atoms with Gasteiger partial charge in [-0.15, -0.1) is 0 Å². The topological polar surface area (TPSA) is 45.1 Å². The maximum absolute atomic E-state index is 4.34. The van der Waals surface area contributed by atoms with Crippen molar-refractivity contribution in [1.29, 1.82) is 0 Å². The number of fused-ring (bicyclic) bond motifs is 1. The van der Waals surface area contributed by atoms with Crippen molar-refractivity contribution < 1.29 is 0 Å². The first-order valence-electron chi connectivity index (χ1n) is 7.39. The lowest BCUT2D eigenvalue weighted by atomic mass is 10.1. The molecule has 21 heavy (non-hydrogen) atoms. The van der Waals surface area contributed by atoms with Crippen molar-refractivity contribution in [3.8, 4) is 0 Å². The van der Waals surface area contributed by atoms with E-state index in [1.54, 1.807) is 11.3 Å². The van der Waals surface area contributed by atoms with E-state index in [1.165, 1.54) is 5.56 Å². The molecule has 0 fully saturated rings. The van der Waals surface area contributed by atoms with Gasteiger partial charge in [-0.05, 0) is 36.5 Å². The van der Waals surface area contributed by atoms with Crippen LogP contribution in [0.1, 0.15) is 11.6 Å². The number of hydrogen-bond donors (Lipinski definition) is 2. The van der Waals surface area contributed by atoms with Crippen LogP contribution in [-0.2, 0) is 6.54 Å².